The first kappa shape index (κ1) is 13.8. The molecule has 20 heavy (non-hydrogen) atoms. The molecule has 3 fully saturated rings. The van der Waals surface area contributed by atoms with Gasteiger partial charge in [-0.3, -0.25) is 9.59 Å². The Hall–Kier alpha value is -1.14. The van der Waals surface area contributed by atoms with Crippen LogP contribution in [0.4, 0.5) is 0 Å². The van der Waals surface area contributed by atoms with E-state index in [4.69, 9.17) is 9.47 Å². The average molecular weight is 282 g/mol. The number of rotatable bonds is 3. The van der Waals surface area contributed by atoms with Crippen molar-refractivity contribution in [3.8, 4) is 0 Å². The molecule has 6 heteroatoms. The Bertz CT molecular complexity index is 375. The molecule has 3 aliphatic heterocycles. The maximum atomic E-state index is 12.4. The van der Waals surface area contributed by atoms with E-state index in [9.17, 15) is 9.59 Å². The number of morpholine rings is 1. The first-order chi connectivity index (χ1) is 9.74. The quantitative estimate of drug-likeness (QED) is 0.724. The Morgan fingerprint density at radius 3 is 2.75 bits per heavy atom. The van der Waals surface area contributed by atoms with Gasteiger partial charge in [0.15, 0.2) is 0 Å². The molecule has 3 rings (SSSR count). The minimum atomic E-state index is -0.179. The topological polar surface area (TPSA) is 59.1 Å². The smallest absolute Gasteiger partial charge is 0.228 e. The van der Waals surface area contributed by atoms with Crippen LogP contribution in [-0.4, -0.2) is 73.7 Å². The Kier molecular flexibility index (Phi) is 4.21. The van der Waals surface area contributed by atoms with Crippen LogP contribution in [0.1, 0.15) is 19.3 Å². The van der Waals surface area contributed by atoms with E-state index in [0.29, 0.717) is 45.8 Å². The predicted molar refractivity (Wildman–Crippen MR) is 71.1 cm³/mol. The molecule has 3 aliphatic rings. The predicted octanol–water partition coefficient (Wildman–Crippen LogP) is -0.127. The molecule has 6 nitrogen and oxygen atoms in total. The van der Waals surface area contributed by atoms with Gasteiger partial charge in [0.25, 0.3) is 0 Å². The van der Waals surface area contributed by atoms with Crippen LogP contribution >= 0.6 is 0 Å². The highest BCUT2D eigenvalue weighted by Crippen LogP contribution is 2.23. The Balaban J connectivity index is 1.53. The molecule has 0 aliphatic carbocycles. The van der Waals surface area contributed by atoms with Crippen molar-refractivity contribution in [2.75, 3.05) is 46.0 Å². The van der Waals surface area contributed by atoms with Gasteiger partial charge in [-0.15, -0.1) is 0 Å². The molecule has 0 saturated carbocycles. The van der Waals surface area contributed by atoms with Crippen molar-refractivity contribution in [1.29, 1.82) is 0 Å². The second kappa shape index (κ2) is 6.10. The molecule has 3 saturated heterocycles. The highest BCUT2D eigenvalue weighted by atomic mass is 16.5. The Morgan fingerprint density at radius 2 is 2.05 bits per heavy atom. The molecule has 0 N–H and O–H groups in total. The van der Waals surface area contributed by atoms with E-state index in [1.807, 2.05) is 4.90 Å². The normalized spacial score (nSPS) is 31.1. The number of ether oxygens (including phenoxy) is 2. The van der Waals surface area contributed by atoms with Crippen molar-refractivity contribution in [1.82, 2.24) is 9.80 Å². The van der Waals surface area contributed by atoms with E-state index >= 15 is 0 Å². The average Bonchev–Trinajstić information content (AvgIpc) is 3.10. The van der Waals surface area contributed by atoms with Crippen LogP contribution in [0.5, 0.6) is 0 Å². The molecule has 0 aromatic carbocycles. The van der Waals surface area contributed by atoms with Crippen LogP contribution in [0.15, 0.2) is 0 Å². The van der Waals surface area contributed by atoms with Crippen molar-refractivity contribution in [3.05, 3.63) is 0 Å². The Morgan fingerprint density at radius 1 is 1.25 bits per heavy atom. The van der Waals surface area contributed by atoms with Crippen LogP contribution in [0.3, 0.4) is 0 Å². The fraction of sp³-hybridized carbons (Fsp3) is 0.857. The van der Waals surface area contributed by atoms with Gasteiger partial charge in [0.2, 0.25) is 11.8 Å². The summed E-state index contributed by atoms with van der Waals surface area (Å²) in [6.07, 6.45) is 2.61. The van der Waals surface area contributed by atoms with Crippen molar-refractivity contribution in [2.24, 2.45) is 5.92 Å². The first-order valence-corrected chi connectivity index (χ1v) is 7.50. The van der Waals surface area contributed by atoms with E-state index in [0.717, 1.165) is 19.4 Å². The van der Waals surface area contributed by atoms with Gasteiger partial charge < -0.3 is 19.3 Å². The Labute approximate surface area is 119 Å². The van der Waals surface area contributed by atoms with Gasteiger partial charge in [-0.05, 0) is 12.8 Å². The fourth-order valence-corrected chi connectivity index (χ4v) is 3.19. The molecule has 0 spiro atoms. The monoisotopic (exact) mass is 282 g/mol. The van der Waals surface area contributed by atoms with Crippen molar-refractivity contribution in [3.63, 3.8) is 0 Å². The summed E-state index contributed by atoms with van der Waals surface area (Å²) in [6.45, 7) is 4.49. The van der Waals surface area contributed by atoms with Crippen LogP contribution in [0.2, 0.25) is 0 Å². The van der Waals surface area contributed by atoms with Gasteiger partial charge in [-0.2, -0.15) is 0 Å². The third kappa shape index (κ3) is 2.96. The second-order valence-corrected chi connectivity index (χ2v) is 5.77. The fourth-order valence-electron chi connectivity index (χ4n) is 3.19. The number of amides is 2. The highest BCUT2D eigenvalue weighted by Gasteiger charge is 2.38. The molecule has 0 aromatic rings. The summed E-state index contributed by atoms with van der Waals surface area (Å²) in [7, 11) is 0. The van der Waals surface area contributed by atoms with Gasteiger partial charge in [0.1, 0.15) is 0 Å². The molecule has 2 unspecified atom stereocenters. The third-order valence-electron chi connectivity index (χ3n) is 4.33. The number of hydrogen-bond donors (Lipinski definition) is 0. The second-order valence-electron chi connectivity index (χ2n) is 5.77. The number of likely N-dealkylation sites (tertiary alicyclic amines) is 1. The molecule has 0 radical (unpaired) electrons. The van der Waals surface area contributed by atoms with Crippen LogP contribution in [-0.2, 0) is 19.1 Å². The molecule has 3 heterocycles. The van der Waals surface area contributed by atoms with Gasteiger partial charge in [-0.25, -0.2) is 0 Å². The zero-order valence-corrected chi connectivity index (χ0v) is 11.8. The zero-order valence-electron chi connectivity index (χ0n) is 11.8. The van der Waals surface area contributed by atoms with Gasteiger partial charge in [0.05, 0.1) is 25.2 Å². The number of carbonyl (C=O) groups is 2. The number of carbonyl (C=O) groups excluding carboxylic acids is 2. The van der Waals surface area contributed by atoms with E-state index in [1.165, 1.54) is 0 Å². The summed E-state index contributed by atoms with van der Waals surface area (Å²) in [5.41, 5.74) is 0. The minimum Gasteiger partial charge on any atom is -0.378 e. The van der Waals surface area contributed by atoms with Crippen LogP contribution in [0.25, 0.3) is 0 Å². The summed E-state index contributed by atoms with van der Waals surface area (Å²) in [5, 5.41) is 0. The van der Waals surface area contributed by atoms with E-state index in [-0.39, 0.29) is 23.8 Å². The van der Waals surface area contributed by atoms with E-state index < -0.39 is 0 Å². The first-order valence-electron chi connectivity index (χ1n) is 7.50. The van der Waals surface area contributed by atoms with Crippen molar-refractivity contribution in [2.45, 2.75) is 25.4 Å². The summed E-state index contributed by atoms with van der Waals surface area (Å²) < 4.78 is 10.8. The molecule has 0 bridgehead atoms. The molecular formula is C14H22N2O4. The zero-order chi connectivity index (χ0) is 13.9. The lowest BCUT2D eigenvalue weighted by molar-refractivity contribution is -0.139. The van der Waals surface area contributed by atoms with Gasteiger partial charge in [-0.1, -0.05) is 0 Å². The summed E-state index contributed by atoms with van der Waals surface area (Å²) >= 11 is 0. The summed E-state index contributed by atoms with van der Waals surface area (Å²) in [5.74, 6) is 0.0191. The third-order valence-corrected chi connectivity index (χ3v) is 4.33. The lowest BCUT2D eigenvalue weighted by Crippen LogP contribution is -2.44. The molecule has 0 aromatic heterocycles. The largest absolute Gasteiger partial charge is 0.378 e. The van der Waals surface area contributed by atoms with E-state index in [1.54, 1.807) is 4.90 Å². The number of hydrogen-bond acceptors (Lipinski definition) is 4. The molecule has 112 valence electrons. The summed E-state index contributed by atoms with van der Waals surface area (Å²) in [4.78, 5) is 28.1. The lowest BCUT2D eigenvalue weighted by Gasteiger charge is -2.29. The van der Waals surface area contributed by atoms with E-state index in [2.05, 4.69) is 0 Å². The molecular weight excluding hydrogens is 260 g/mol. The molecule has 2 amide bonds. The van der Waals surface area contributed by atoms with Gasteiger partial charge >= 0.3 is 0 Å². The maximum absolute atomic E-state index is 12.4. The maximum Gasteiger partial charge on any atom is 0.228 e. The van der Waals surface area contributed by atoms with Crippen LogP contribution < -0.4 is 0 Å². The van der Waals surface area contributed by atoms with Crippen LogP contribution in [0, 0.1) is 5.92 Å². The lowest BCUT2D eigenvalue weighted by atomic mass is 10.1. The standard InChI is InChI=1S/C14H22N2O4/c17-13-8-11(14(18)15-3-6-19-7-4-15)9-16(13)10-12-2-1-5-20-12/h11-12H,1-10H2. The van der Waals surface area contributed by atoms with Gasteiger partial charge in [0, 0.05) is 39.2 Å². The number of nitrogens with zero attached hydrogens (tertiary/aromatic N) is 2. The van der Waals surface area contributed by atoms with Crippen molar-refractivity contribution >= 4 is 11.8 Å². The SMILES string of the molecule is O=C1CC(C(=O)N2CCOCC2)CN1CC1CCCO1. The van der Waals surface area contributed by atoms with Crippen molar-refractivity contribution < 1.29 is 19.1 Å². The highest BCUT2D eigenvalue weighted by molar-refractivity contribution is 5.89. The summed E-state index contributed by atoms with van der Waals surface area (Å²) in [6, 6.07) is 0. The minimum absolute atomic E-state index is 0.0899. The molecule has 2 atom stereocenters.